The molecule has 0 fully saturated rings. The minimum absolute atomic E-state index is 0.480. The Morgan fingerprint density at radius 3 is 2.53 bits per heavy atom. The number of hydrogen-bond acceptors (Lipinski definition) is 2. The molecule has 0 aliphatic rings. The van der Waals surface area contributed by atoms with Crippen LogP contribution >= 0.6 is 11.8 Å². The average Bonchev–Trinajstić information content (AvgIpc) is 2.74. The molecule has 2 nitrogen and oxygen atoms in total. The van der Waals surface area contributed by atoms with Crippen molar-refractivity contribution in [2.75, 3.05) is 0 Å². The first-order valence-electron chi connectivity index (χ1n) is 6.97. The molecular formula is C16H24N2S. The molecule has 0 radical (unpaired) electrons. The molecule has 2 aromatic rings. The molecule has 19 heavy (non-hydrogen) atoms. The van der Waals surface area contributed by atoms with Crippen LogP contribution in [0.3, 0.4) is 0 Å². The third-order valence-electron chi connectivity index (χ3n) is 3.35. The first kappa shape index (κ1) is 14.5. The summed E-state index contributed by atoms with van der Waals surface area (Å²) in [4.78, 5) is 0. The fourth-order valence-electron chi connectivity index (χ4n) is 2.30. The van der Waals surface area contributed by atoms with Gasteiger partial charge in [-0.2, -0.15) is 11.8 Å². The van der Waals surface area contributed by atoms with Gasteiger partial charge >= 0.3 is 0 Å². The second kappa shape index (κ2) is 6.02. The van der Waals surface area contributed by atoms with E-state index in [4.69, 9.17) is 5.73 Å². The predicted octanol–water partition coefficient (Wildman–Crippen LogP) is 4.32. The van der Waals surface area contributed by atoms with E-state index in [1.165, 1.54) is 22.0 Å². The molecule has 0 atom stereocenters. The summed E-state index contributed by atoms with van der Waals surface area (Å²) in [5.41, 5.74) is 9.72. The largest absolute Gasteiger partial charge is 0.345 e. The third-order valence-corrected chi connectivity index (χ3v) is 4.49. The van der Waals surface area contributed by atoms with Crippen molar-refractivity contribution in [2.45, 2.75) is 51.3 Å². The molecule has 1 aromatic carbocycles. The number of nitrogens with two attached hydrogens (primary N) is 1. The predicted molar refractivity (Wildman–Crippen MR) is 86.6 cm³/mol. The Hall–Kier alpha value is -0.930. The van der Waals surface area contributed by atoms with E-state index in [0.29, 0.717) is 17.8 Å². The van der Waals surface area contributed by atoms with Gasteiger partial charge in [-0.15, -0.1) is 0 Å². The highest BCUT2D eigenvalue weighted by Gasteiger charge is 2.11. The number of nitrogens with zero attached hydrogens (tertiary/aromatic N) is 1. The summed E-state index contributed by atoms with van der Waals surface area (Å²) in [7, 11) is 0. The number of aromatic nitrogens is 1. The van der Waals surface area contributed by atoms with Crippen LogP contribution in [0.25, 0.3) is 10.9 Å². The van der Waals surface area contributed by atoms with Crippen molar-refractivity contribution in [3.8, 4) is 0 Å². The Labute approximate surface area is 120 Å². The van der Waals surface area contributed by atoms with Gasteiger partial charge in [-0.3, -0.25) is 0 Å². The monoisotopic (exact) mass is 276 g/mol. The molecule has 0 aliphatic carbocycles. The van der Waals surface area contributed by atoms with Crippen molar-refractivity contribution in [3.63, 3.8) is 0 Å². The maximum atomic E-state index is 5.76. The zero-order valence-corrected chi connectivity index (χ0v) is 13.1. The maximum Gasteiger partial charge on any atom is 0.0489 e. The van der Waals surface area contributed by atoms with Gasteiger partial charge in [-0.25, -0.2) is 0 Å². The smallest absolute Gasteiger partial charge is 0.0489 e. The molecule has 0 saturated heterocycles. The molecule has 104 valence electrons. The Morgan fingerprint density at radius 2 is 1.95 bits per heavy atom. The molecule has 0 spiro atoms. The van der Waals surface area contributed by atoms with Gasteiger partial charge in [0.2, 0.25) is 0 Å². The van der Waals surface area contributed by atoms with Crippen molar-refractivity contribution in [2.24, 2.45) is 5.73 Å². The van der Waals surface area contributed by atoms with Crippen molar-refractivity contribution in [3.05, 3.63) is 35.5 Å². The van der Waals surface area contributed by atoms with E-state index in [2.05, 4.69) is 56.7 Å². The molecule has 0 amide bonds. The van der Waals surface area contributed by atoms with Gasteiger partial charge < -0.3 is 10.3 Å². The van der Waals surface area contributed by atoms with Crippen LogP contribution in [0.4, 0.5) is 0 Å². The SMILES string of the molecule is CC(C)SCc1cn(C(C)C)c2cc(CN)ccc12. The first-order chi connectivity index (χ1) is 9.02. The van der Waals surface area contributed by atoms with E-state index in [-0.39, 0.29) is 0 Å². The van der Waals surface area contributed by atoms with Gasteiger partial charge in [0.1, 0.15) is 0 Å². The van der Waals surface area contributed by atoms with E-state index in [1.54, 1.807) is 0 Å². The van der Waals surface area contributed by atoms with Crippen LogP contribution in [0.5, 0.6) is 0 Å². The average molecular weight is 276 g/mol. The molecule has 0 saturated carbocycles. The highest BCUT2D eigenvalue weighted by Crippen LogP contribution is 2.29. The maximum absolute atomic E-state index is 5.76. The van der Waals surface area contributed by atoms with E-state index in [1.807, 2.05) is 11.8 Å². The Balaban J connectivity index is 2.47. The number of rotatable bonds is 5. The summed E-state index contributed by atoms with van der Waals surface area (Å²) in [5.74, 6) is 1.08. The summed E-state index contributed by atoms with van der Waals surface area (Å²) >= 11 is 2.00. The number of thioether (sulfide) groups is 1. The van der Waals surface area contributed by atoms with Crippen molar-refractivity contribution < 1.29 is 0 Å². The van der Waals surface area contributed by atoms with Crippen molar-refractivity contribution in [1.29, 1.82) is 0 Å². The topological polar surface area (TPSA) is 30.9 Å². The lowest BCUT2D eigenvalue weighted by Crippen LogP contribution is -2.00. The zero-order valence-electron chi connectivity index (χ0n) is 12.3. The van der Waals surface area contributed by atoms with Crippen molar-refractivity contribution >= 4 is 22.7 Å². The highest BCUT2D eigenvalue weighted by molar-refractivity contribution is 7.99. The highest BCUT2D eigenvalue weighted by atomic mass is 32.2. The Kier molecular flexibility index (Phi) is 4.58. The second-order valence-electron chi connectivity index (χ2n) is 5.57. The number of hydrogen-bond donors (Lipinski definition) is 1. The van der Waals surface area contributed by atoms with E-state index in [0.717, 1.165) is 5.75 Å². The van der Waals surface area contributed by atoms with E-state index in [9.17, 15) is 0 Å². The van der Waals surface area contributed by atoms with Gasteiger partial charge in [0.05, 0.1) is 0 Å². The summed E-state index contributed by atoms with van der Waals surface area (Å²) in [6.45, 7) is 9.56. The minimum Gasteiger partial charge on any atom is -0.345 e. The van der Waals surface area contributed by atoms with Gasteiger partial charge in [-0.1, -0.05) is 26.0 Å². The molecule has 0 aliphatic heterocycles. The van der Waals surface area contributed by atoms with Crippen molar-refractivity contribution in [1.82, 2.24) is 4.57 Å². The van der Waals surface area contributed by atoms with Gasteiger partial charge in [0, 0.05) is 35.4 Å². The molecule has 2 rings (SSSR count). The zero-order chi connectivity index (χ0) is 14.0. The molecule has 1 aromatic heterocycles. The fraction of sp³-hybridized carbons (Fsp3) is 0.500. The lowest BCUT2D eigenvalue weighted by Gasteiger charge is -2.09. The molecule has 2 N–H and O–H groups in total. The number of fused-ring (bicyclic) bond motifs is 1. The Bertz CT molecular complexity index is 555. The number of benzene rings is 1. The van der Waals surface area contributed by atoms with Gasteiger partial charge in [-0.05, 0) is 36.3 Å². The second-order valence-corrected chi connectivity index (χ2v) is 7.14. The van der Waals surface area contributed by atoms with E-state index < -0.39 is 0 Å². The minimum atomic E-state index is 0.480. The van der Waals surface area contributed by atoms with Crippen LogP contribution in [0.2, 0.25) is 0 Å². The van der Waals surface area contributed by atoms with Crippen LogP contribution in [0.1, 0.15) is 44.9 Å². The molecule has 0 bridgehead atoms. The quantitative estimate of drug-likeness (QED) is 0.881. The summed E-state index contributed by atoms with van der Waals surface area (Å²) < 4.78 is 2.37. The summed E-state index contributed by atoms with van der Waals surface area (Å²) in [6, 6.07) is 7.09. The molecule has 1 heterocycles. The Morgan fingerprint density at radius 1 is 1.21 bits per heavy atom. The van der Waals surface area contributed by atoms with E-state index >= 15 is 0 Å². The fourth-order valence-corrected chi connectivity index (χ4v) is 3.04. The molecule has 3 heteroatoms. The molecular weight excluding hydrogens is 252 g/mol. The van der Waals surface area contributed by atoms with Crippen LogP contribution in [0, 0.1) is 0 Å². The van der Waals surface area contributed by atoms with Crippen LogP contribution in [0.15, 0.2) is 24.4 Å². The van der Waals surface area contributed by atoms with Crippen LogP contribution in [-0.4, -0.2) is 9.82 Å². The molecule has 0 unspecified atom stereocenters. The van der Waals surface area contributed by atoms with Crippen LogP contribution in [-0.2, 0) is 12.3 Å². The van der Waals surface area contributed by atoms with Gasteiger partial charge in [0.15, 0.2) is 0 Å². The first-order valence-corrected chi connectivity index (χ1v) is 8.01. The van der Waals surface area contributed by atoms with Crippen LogP contribution < -0.4 is 5.73 Å². The lowest BCUT2D eigenvalue weighted by molar-refractivity contribution is 0.621. The third kappa shape index (κ3) is 3.15. The standard InChI is InChI=1S/C16H24N2S/c1-11(2)18-9-14(10-19-12(3)4)15-6-5-13(8-17)7-16(15)18/h5-7,9,11-12H,8,10,17H2,1-4H3. The summed E-state index contributed by atoms with van der Waals surface area (Å²) in [5, 5.41) is 2.04. The normalized spacial score (nSPS) is 11.9. The van der Waals surface area contributed by atoms with Gasteiger partial charge in [0.25, 0.3) is 0 Å². The summed E-state index contributed by atoms with van der Waals surface area (Å²) in [6.07, 6.45) is 2.31. The lowest BCUT2D eigenvalue weighted by atomic mass is 10.1.